The molecule has 12 heteroatoms. The molecule has 0 fully saturated rings. The maximum absolute atomic E-state index is 13.2. The molecule has 2 N–H and O–H groups in total. The Morgan fingerprint density at radius 2 is 1.52 bits per heavy atom. The molecule has 11 nitrogen and oxygen atoms in total. The molecule has 0 amide bonds. The molecule has 3 aromatic carbocycles. The summed E-state index contributed by atoms with van der Waals surface area (Å²) in [5, 5.41) is 22.3. The quantitative estimate of drug-likeness (QED) is 0.173. The van der Waals surface area contributed by atoms with Crippen molar-refractivity contribution in [3.63, 3.8) is 0 Å². The highest BCUT2D eigenvalue weighted by Gasteiger charge is 2.35. The average molecular weight is 573 g/mol. The second-order valence-electron chi connectivity index (χ2n) is 9.43. The lowest BCUT2D eigenvalue weighted by Crippen LogP contribution is -2.45. The van der Waals surface area contributed by atoms with Crippen LogP contribution in [0.3, 0.4) is 0 Å². The second kappa shape index (κ2) is 13.4. The minimum absolute atomic E-state index is 0.162. The number of ether oxygens (including phenoxy) is 3. The van der Waals surface area contributed by atoms with E-state index >= 15 is 0 Å². The minimum atomic E-state index is -4.43. The van der Waals surface area contributed by atoms with Crippen LogP contribution in [0.5, 0.6) is 11.5 Å². The van der Waals surface area contributed by atoms with Crippen molar-refractivity contribution in [1.82, 2.24) is 4.72 Å². The van der Waals surface area contributed by atoms with Gasteiger partial charge in [0.2, 0.25) is 10.0 Å². The molecule has 0 saturated heterocycles. The number of nitro benzene ring substituents is 1. The molecule has 3 aromatic rings. The van der Waals surface area contributed by atoms with Crippen molar-refractivity contribution in [2.24, 2.45) is 0 Å². The standard InChI is InChI=1S/C28H32N2O9S/c1-18(2)38-24-15-10-21(16-25(24)39-19(3)4)27(31)26(28(32)37-17-20-8-6-5-7-9-20)29-40(35,36)23-13-11-22(12-14-23)30(33)34/h5-16,18-19,26-27,29,31H,17H2,1-4H3. The third-order valence-electron chi connectivity index (χ3n) is 5.47. The minimum Gasteiger partial charge on any atom is -0.487 e. The van der Waals surface area contributed by atoms with Crippen LogP contribution in [0.1, 0.15) is 44.9 Å². The van der Waals surface area contributed by atoms with Gasteiger partial charge in [-0.25, -0.2) is 8.42 Å². The van der Waals surface area contributed by atoms with Crippen LogP contribution < -0.4 is 14.2 Å². The Bertz CT molecular complexity index is 1410. The van der Waals surface area contributed by atoms with Crippen molar-refractivity contribution in [2.45, 2.75) is 63.6 Å². The van der Waals surface area contributed by atoms with Gasteiger partial charge in [-0.2, -0.15) is 4.72 Å². The van der Waals surface area contributed by atoms with Crippen LogP contribution in [0, 0.1) is 10.1 Å². The van der Waals surface area contributed by atoms with E-state index in [4.69, 9.17) is 14.2 Å². The Hall–Kier alpha value is -4.00. The lowest BCUT2D eigenvalue weighted by molar-refractivity contribution is -0.384. The smallest absolute Gasteiger partial charge is 0.327 e. The van der Waals surface area contributed by atoms with Gasteiger partial charge in [0.05, 0.1) is 22.0 Å². The average Bonchev–Trinajstić information content (AvgIpc) is 2.91. The van der Waals surface area contributed by atoms with Gasteiger partial charge in [-0.15, -0.1) is 0 Å². The lowest BCUT2D eigenvalue weighted by Gasteiger charge is -2.24. The number of rotatable bonds is 13. The number of hydrogen-bond donors (Lipinski definition) is 2. The number of nitrogens with zero attached hydrogens (tertiary/aromatic N) is 1. The topological polar surface area (TPSA) is 154 Å². The number of hydrogen-bond acceptors (Lipinski definition) is 9. The van der Waals surface area contributed by atoms with Crippen LogP contribution in [0.15, 0.2) is 77.7 Å². The lowest BCUT2D eigenvalue weighted by atomic mass is 10.0. The largest absolute Gasteiger partial charge is 0.487 e. The van der Waals surface area contributed by atoms with Crippen molar-refractivity contribution in [3.8, 4) is 11.5 Å². The molecule has 0 aliphatic rings. The van der Waals surface area contributed by atoms with E-state index in [2.05, 4.69) is 4.72 Å². The first-order chi connectivity index (χ1) is 18.9. The molecule has 0 bridgehead atoms. The van der Waals surface area contributed by atoms with Crippen LogP contribution in [0.4, 0.5) is 5.69 Å². The van der Waals surface area contributed by atoms with Crippen molar-refractivity contribution in [1.29, 1.82) is 0 Å². The van der Waals surface area contributed by atoms with E-state index in [0.29, 0.717) is 17.1 Å². The Kier molecular flexibility index (Phi) is 10.2. The Morgan fingerprint density at radius 1 is 0.925 bits per heavy atom. The normalized spacial score (nSPS) is 13.1. The van der Waals surface area contributed by atoms with Gasteiger partial charge in [-0.05, 0) is 63.1 Å². The summed E-state index contributed by atoms with van der Waals surface area (Å²) in [6.45, 7) is 7.14. The van der Waals surface area contributed by atoms with Gasteiger partial charge in [0.1, 0.15) is 18.8 Å². The van der Waals surface area contributed by atoms with Crippen molar-refractivity contribution >= 4 is 21.7 Å². The van der Waals surface area contributed by atoms with E-state index in [9.17, 15) is 28.4 Å². The third-order valence-corrected chi connectivity index (χ3v) is 6.93. The summed E-state index contributed by atoms with van der Waals surface area (Å²) in [6.07, 6.45) is -2.10. The molecule has 0 saturated carbocycles. The predicted molar refractivity (Wildman–Crippen MR) is 146 cm³/mol. The fraction of sp³-hybridized carbons (Fsp3) is 0.321. The number of esters is 1. The molecule has 40 heavy (non-hydrogen) atoms. The molecule has 0 aliphatic heterocycles. The van der Waals surface area contributed by atoms with E-state index in [1.807, 2.05) is 27.7 Å². The highest BCUT2D eigenvalue weighted by atomic mass is 32.2. The number of carbonyl (C=O) groups excluding carboxylic acids is 1. The number of nitrogens with one attached hydrogen (secondary N) is 1. The van der Waals surface area contributed by atoms with Crippen molar-refractivity contribution < 1.29 is 37.5 Å². The molecule has 0 radical (unpaired) electrons. The Labute approximate surface area is 232 Å². The zero-order valence-corrected chi connectivity index (χ0v) is 23.3. The molecular weight excluding hydrogens is 540 g/mol. The zero-order valence-electron chi connectivity index (χ0n) is 22.5. The number of non-ortho nitro benzene ring substituents is 1. The van der Waals surface area contributed by atoms with Gasteiger partial charge in [-0.1, -0.05) is 36.4 Å². The predicted octanol–water partition coefficient (Wildman–Crippen LogP) is 4.29. The molecule has 2 unspecified atom stereocenters. The first kappa shape index (κ1) is 30.5. The number of aliphatic hydroxyl groups excluding tert-OH is 1. The van der Waals surface area contributed by atoms with Crippen LogP contribution >= 0.6 is 0 Å². The number of aliphatic hydroxyl groups is 1. The van der Waals surface area contributed by atoms with Crippen molar-refractivity contribution in [3.05, 3.63) is 94.0 Å². The maximum atomic E-state index is 13.2. The molecule has 0 heterocycles. The fourth-order valence-electron chi connectivity index (χ4n) is 3.64. The molecule has 0 aromatic heterocycles. The Morgan fingerprint density at radius 3 is 2.10 bits per heavy atom. The number of benzene rings is 3. The van der Waals surface area contributed by atoms with E-state index in [1.54, 1.807) is 36.4 Å². The monoisotopic (exact) mass is 572 g/mol. The van der Waals surface area contributed by atoms with Crippen molar-refractivity contribution in [2.75, 3.05) is 0 Å². The molecule has 2 atom stereocenters. The van der Waals surface area contributed by atoms with Gasteiger partial charge < -0.3 is 19.3 Å². The van der Waals surface area contributed by atoms with Crippen LogP contribution in [-0.4, -0.2) is 42.7 Å². The van der Waals surface area contributed by atoms with E-state index in [0.717, 1.165) is 24.3 Å². The molecule has 214 valence electrons. The SMILES string of the molecule is CC(C)Oc1ccc(C(O)C(NS(=O)(=O)c2ccc([N+](=O)[O-])cc2)C(=O)OCc2ccccc2)cc1OC(C)C. The van der Waals surface area contributed by atoms with Crippen LogP contribution in [0.25, 0.3) is 0 Å². The van der Waals surface area contributed by atoms with Crippen LogP contribution in [0.2, 0.25) is 0 Å². The van der Waals surface area contributed by atoms with Gasteiger partial charge in [0.25, 0.3) is 5.69 Å². The highest BCUT2D eigenvalue weighted by Crippen LogP contribution is 2.33. The van der Waals surface area contributed by atoms with Gasteiger partial charge >= 0.3 is 5.97 Å². The first-order valence-electron chi connectivity index (χ1n) is 12.5. The van der Waals surface area contributed by atoms with Crippen LogP contribution in [-0.2, 0) is 26.2 Å². The number of carbonyl (C=O) groups is 1. The summed E-state index contributed by atoms with van der Waals surface area (Å²) in [6, 6.07) is 15.6. The summed E-state index contributed by atoms with van der Waals surface area (Å²) < 4.78 is 45.6. The van der Waals surface area contributed by atoms with Gasteiger partial charge in [-0.3, -0.25) is 14.9 Å². The van der Waals surface area contributed by atoms with E-state index < -0.39 is 33.1 Å². The fourth-order valence-corrected chi connectivity index (χ4v) is 4.83. The maximum Gasteiger partial charge on any atom is 0.327 e. The second-order valence-corrected chi connectivity index (χ2v) is 11.1. The van der Waals surface area contributed by atoms with Gasteiger partial charge in [0.15, 0.2) is 11.5 Å². The highest BCUT2D eigenvalue weighted by molar-refractivity contribution is 7.89. The third kappa shape index (κ3) is 8.25. The van der Waals surface area contributed by atoms with Gasteiger partial charge in [0, 0.05) is 12.1 Å². The molecule has 0 aliphatic carbocycles. The molecular formula is C28H32N2O9S. The summed E-state index contributed by atoms with van der Waals surface area (Å²) in [4.78, 5) is 23.2. The molecule has 3 rings (SSSR count). The zero-order chi connectivity index (χ0) is 29.4. The Balaban J connectivity index is 1.96. The summed E-state index contributed by atoms with van der Waals surface area (Å²) >= 11 is 0. The van der Waals surface area contributed by atoms with E-state index in [1.165, 1.54) is 12.1 Å². The number of sulfonamides is 1. The summed E-state index contributed by atoms with van der Waals surface area (Å²) in [5.74, 6) is -0.320. The number of nitro groups is 1. The molecule has 0 spiro atoms. The summed E-state index contributed by atoms with van der Waals surface area (Å²) in [7, 11) is -4.43. The summed E-state index contributed by atoms with van der Waals surface area (Å²) in [5.41, 5.74) is 0.518. The first-order valence-corrected chi connectivity index (χ1v) is 14.0. The van der Waals surface area contributed by atoms with E-state index in [-0.39, 0.29) is 35.0 Å².